The topological polar surface area (TPSA) is 57.9 Å². The van der Waals surface area contributed by atoms with Crippen LogP contribution in [0, 0.1) is 16.7 Å². The second-order valence-electron chi connectivity index (χ2n) is 7.19. The number of hydrogen-bond donors (Lipinski definition) is 0. The molecule has 0 aromatic heterocycles. The minimum Gasteiger partial charge on any atom is -0.224 e. The van der Waals surface area contributed by atoms with E-state index < -0.39 is 9.84 Å². The van der Waals surface area contributed by atoms with Crippen molar-refractivity contribution in [3.05, 3.63) is 71.3 Å². The highest BCUT2D eigenvalue weighted by Crippen LogP contribution is 2.66. The maximum Gasteiger partial charge on any atom is 0.175 e. The van der Waals surface area contributed by atoms with E-state index in [1.165, 1.54) is 30.2 Å². The maximum absolute atomic E-state index is 11.7. The number of rotatable bonds is 3. The van der Waals surface area contributed by atoms with Crippen molar-refractivity contribution < 1.29 is 8.42 Å². The van der Waals surface area contributed by atoms with Crippen molar-refractivity contribution in [2.75, 3.05) is 6.26 Å². The van der Waals surface area contributed by atoms with E-state index in [9.17, 15) is 8.42 Å². The molecule has 4 rings (SSSR count). The molecular weight excluding hydrogens is 330 g/mol. The van der Waals surface area contributed by atoms with Crippen LogP contribution in [0.4, 0.5) is 0 Å². The zero-order valence-corrected chi connectivity index (χ0v) is 14.9. The van der Waals surface area contributed by atoms with E-state index in [-0.39, 0.29) is 0 Å². The summed E-state index contributed by atoms with van der Waals surface area (Å²) < 4.78 is 23.4. The Bertz CT molecular complexity index is 989. The molecule has 1 atom stereocenters. The molecule has 2 aliphatic rings. The van der Waals surface area contributed by atoms with Crippen molar-refractivity contribution in [1.82, 2.24) is 0 Å². The predicted octanol–water partition coefficient (Wildman–Crippen LogP) is 4.31. The molecule has 1 fully saturated rings. The van der Waals surface area contributed by atoms with Crippen LogP contribution < -0.4 is 0 Å². The van der Waals surface area contributed by atoms with Crippen LogP contribution in [-0.2, 0) is 9.84 Å². The Kier molecular flexibility index (Phi) is 3.59. The van der Waals surface area contributed by atoms with Crippen molar-refractivity contribution in [1.29, 1.82) is 5.26 Å². The third-order valence-corrected chi connectivity index (χ3v) is 6.66. The lowest BCUT2D eigenvalue weighted by Gasteiger charge is -2.24. The van der Waals surface area contributed by atoms with Gasteiger partial charge in [-0.25, -0.2) is 8.42 Å². The third kappa shape index (κ3) is 2.79. The summed E-state index contributed by atoms with van der Waals surface area (Å²) in [5, 5.41) is 8.99. The van der Waals surface area contributed by atoms with Crippen molar-refractivity contribution in [2.24, 2.45) is 5.41 Å². The number of nitriles is 1. The molecule has 2 aromatic rings. The monoisotopic (exact) mass is 349 g/mol. The van der Waals surface area contributed by atoms with Gasteiger partial charge in [-0.05, 0) is 65.6 Å². The van der Waals surface area contributed by atoms with Gasteiger partial charge in [0.2, 0.25) is 0 Å². The van der Waals surface area contributed by atoms with Crippen LogP contribution >= 0.6 is 0 Å². The standard InChI is InChI=1S/C21H19NO2S/c1-25(23,24)18-8-6-17(7-9-18)20-19(10-11-21(20)12-13-21)16-4-2-15(14-22)3-5-16/h2-10,20H,11-13H2,1H3. The first-order chi connectivity index (χ1) is 11.9. The van der Waals surface area contributed by atoms with E-state index in [1.807, 2.05) is 36.4 Å². The normalized spacial score (nSPS) is 21.0. The molecule has 0 saturated heterocycles. The minimum atomic E-state index is -3.17. The minimum absolute atomic E-state index is 0.300. The molecule has 0 heterocycles. The van der Waals surface area contributed by atoms with Crippen molar-refractivity contribution >= 4 is 15.4 Å². The second-order valence-corrected chi connectivity index (χ2v) is 9.21. The van der Waals surface area contributed by atoms with Gasteiger partial charge in [0.25, 0.3) is 0 Å². The summed E-state index contributed by atoms with van der Waals surface area (Å²) in [7, 11) is -3.17. The Labute approximate surface area is 148 Å². The summed E-state index contributed by atoms with van der Waals surface area (Å²) in [5.41, 5.74) is 4.60. The molecule has 0 radical (unpaired) electrons. The van der Waals surface area contributed by atoms with Gasteiger partial charge < -0.3 is 0 Å². The summed E-state index contributed by atoms with van der Waals surface area (Å²) in [5.74, 6) is 0.300. The Hall–Kier alpha value is -2.38. The van der Waals surface area contributed by atoms with Crippen molar-refractivity contribution in [2.45, 2.75) is 30.1 Å². The van der Waals surface area contributed by atoms with E-state index in [4.69, 9.17) is 5.26 Å². The van der Waals surface area contributed by atoms with Crippen LogP contribution in [-0.4, -0.2) is 14.7 Å². The SMILES string of the molecule is CS(=O)(=O)c1ccc(C2C(c3ccc(C#N)cc3)=CCC23CC3)cc1. The lowest BCUT2D eigenvalue weighted by atomic mass is 9.80. The highest BCUT2D eigenvalue weighted by Gasteiger charge is 2.53. The van der Waals surface area contributed by atoms with Crippen LogP contribution in [0.25, 0.3) is 5.57 Å². The van der Waals surface area contributed by atoms with E-state index in [2.05, 4.69) is 12.1 Å². The molecule has 1 unspecified atom stereocenters. The van der Waals surface area contributed by atoms with E-state index in [0.717, 1.165) is 12.0 Å². The molecule has 0 aliphatic heterocycles. The lowest BCUT2D eigenvalue weighted by Crippen LogP contribution is -2.10. The molecular formula is C21H19NO2S. The Morgan fingerprint density at radius 1 is 1.04 bits per heavy atom. The molecule has 0 amide bonds. The van der Waals surface area contributed by atoms with Crippen LogP contribution in [0.5, 0.6) is 0 Å². The zero-order chi connectivity index (χ0) is 17.7. The summed E-state index contributed by atoms with van der Waals surface area (Å²) in [4.78, 5) is 0.364. The molecule has 3 nitrogen and oxygen atoms in total. The predicted molar refractivity (Wildman–Crippen MR) is 97.7 cm³/mol. The molecule has 1 spiro atoms. The Morgan fingerprint density at radius 3 is 2.20 bits per heavy atom. The number of allylic oxidation sites excluding steroid dienone is 2. The highest BCUT2D eigenvalue weighted by molar-refractivity contribution is 7.90. The van der Waals surface area contributed by atoms with Gasteiger partial charge in [0.05, 0.1) is 16.5 Å². The van der Waals surface area contributed by atoms with Gasteiger partial charge in [-0.1, -0.05) is 30.3 Å². The average Bonchev–Trinajstić information content (AvgIpc) is 3.28. The molecule has 0 bridgehead atoms. The van der Waals surface area contributed by atoms with Crippen LogP contribution in [0.15, 0.2) is 59.5 Å². The summed E-state index contributed by atoms with van der Waals surface area (Å²) in [6.07, 6.45) is 7.05. The fraction of sp³-hybridized carbons (Fsp3) is 0.286. The fourth-order valence-corrected chi connectivity index (χ4v) is 4.62. The van der Waals surface area contributed by atoms with Gasteiger partial charge in [-0.2, -0.15) is 5.26 Å². The van der Waals surface area contributed by atoms with E-state index in [0.29, 0.717) is 21.8 Å². The van der Waals surface area contributed by atoms with Crippen LogP contribution in [0.1, 0.15) is 41.9 Å². The van der Waals surface area contributed by atoms with Crippen LogP contribution in [0.3, 0.4) is 0 Å². The van der Waals surface area contributed by atoms with Gasteiger partial charge in [0.15, 0.2) is 9.84 Å². The Balaban J connectivity index is 1.72. The largest absolute Gasteiger partial charge is 0.224 e. The Morgan fingerprint density at radius 2 is 1.68 bits per heavy atom. The maximum atomic E-state index is 11.7. The molecule has 25 heavy (non-hydrogen) atoms. The third-order valence-electron chi connectivity index (χ3n) is 5.53. The summed E-state index contributed by atoms with van der Waals surface area (Å²) in [6.45, 7) is 0. The zero-order valence-electron chi connectivity index (χ0n) is 14.1. The van der Waals surface area contributed by atoms with E-state index >= 15 is 0 Å². The van der Waals surface area contributed by atoms with E-state index in [1.54, 1.807) is 12.1 Å². The molecule has 0 N–H and O–H groups in total. The quantitative estimate of drug-likeness (QED) is 0.829. The van der Waals surface area contributed by atoms with Crippen LogP contribution in [0.2, 0.25) is 0 Å². The first-order valence-corrected chi connectivity index (χ1v) is 10.3. The number of benzene rings is 2. The lowest BCUT2D eigenvalue weighted by molar-refractivity contribution is 0.498. The molecule has 2 aromatic carbocycles. The highest BCUT2D eigenvalue weighted by atomic mass is 32.2. The number of sulfone groups is 1. The number of nitrogens with zero attached hydrogens (tertiary/aromatic N) is 1. The molecule has 1 saturated carbocycles. The van der Waals surface area contributed by atoms with Crippen molar-refractivity contribution in [3.8, 4) is 6.07 Å². The van der Waals surface area contributed by atoms with Gasteiger partial charge in [-0.3, -0.25) is 0 Å². The first kappa shape index (κ1) is 16.1. The average molecular weight is 349 g/mol. The summed E-state index contributed by atoms with van der Waals surface area (Å²) in [6, 6.07) is 17.3. The molecule has 4 heteroatoms. The van der Waals surface area contributed by atoms with Gasteiger partial charge in [0.1, 0.15) is 0 Å². The first-order valence-electron chi connectivity index (χ1n) is 8.44. The molecule has 2 aliphatic carbocycles. The molecule has 126 valence electrons. The van der Waals surface area contributed by atoms with Crippen molar-refractivity contribution in [3.63, 3.8) is 0 Å². The number of hydrogen-bond acceptors (Lipinski definition) is 3. The fourth-order valence-electron chi connectivity index (χ4n) is 3.99. The van der Waals surface area contributed by atoms with Gasteiger partial charge in [-0.15, -0.1) is 0 Å². The second kappa shape index (κ2) is 5.57. The van der Waals surface area contributed by atoms with Gasteiger partial charge in [0, 0.05) is 12.2 Å². The van der Waals surface area contributed by atoms with Gasteiger partial charge >= 0.3 is 0 Å². The summed E-state index contributed by atoms with van der Waals surface area (Å²) >= 11 is 0. The smallest absolute Gasteiger partial charge is 0.175 e.